The molecule has 0 bridgehead atoms. The predicted molar refractivity (Wildman–Crippen MR) is 97.1 cm³/mol. The van der Waals surface area contributed by atoms with Crippen molar-refractivity contribution in [2.75, 3.05) is 0 Å². The van der Waals surface area contributed by atoms with Crippen molar-refractivity contribution < 1.29 is 19.7 Å². The average molecular weight is 341 g/mol. The Balaban J connectivity index is 2.01. The molecule has 1 aliphatic heterocycles. The molecule has 4 nitrogen and oxygen atoms in total. The van der Waals surface area contributed by atoms with Gasteiger partial charge in [-0.2, -0.15) is 0 Å². The van der Waals surface area contributed by atoms with Crippen LogP contribution in [0.15, 0.2) is 12.2 Å². The van der Waals surface area contributed by atoms with Crippen LogP contribution in [0.2, 0.25) is 0 Å². The zero-order valence-electron chi connectivity index (χ0n) is 15.7. The lowest BCUT2D eigenvalue weighted by Crippen LogP contribution is -2.23. The van der Waals surface area contributed by atoms with Gasteiger partial charge < -0.3 is 14.9 Å². The van der Waals surface area contributed by atoms with Gasteiger partial charge >= 0.3 is 5.97 Å². The van der Waals surface area contributed by atoms with Crippen LogP contribution in [0.4, 0.5) is 0 Å². The van der Waals surface area contributed by atoms with Crippen LogP contribution in [0.3, 0.4) is 0 Å². The smallest absolute Gasteiger partial charge is 0.309 e. The Morgan fingerprint density at radius 1 is 1.17 bits per heavy atom. The number of hydrogen-bond acceptors (Lipinski definition) is 3. The van der Waals surface area contributed by atoms with E-state index in [1.165, 1.54) is 19.3 Å². The first-order valence-corrected chi connectivity index (χ1v) is 9.62. The molecule has 0 amide bonds. The summed E-state index contributed by atoms with van der Waals surface area (Å²) < 4.78 is 5.57. The highest BCUT2D eigenvalue weighted by Gasteiger charge is 2.42. The van der Waals surface area contributed by atoms with E-state index in [2.05, 4.69) is 13.0 Å². The van der Waals surface area contributed by atoms with Crippen LogP contribution in [0.1, 0.15) is 85.0 Å². The van der Waals surface area contributed by atoms with E-state index in [1.54, 1.807) is 13.8 Å². The lowest BCUT2D eigenvalue weighted by molar-refractivity contribution is -0.147. The van der Waals surface area contributed by atoms with Crippen LogP contribution in [0.5, 0.6) is 0 Å². The minimum absolute atomic E-state index is 0.0154. The molecule has 0 aromatic heterocycles. The number of carboxylic acid groups (broad SMARTS) is 1. The molecule has 1 rings (SSSR count). The summed E-state index contributed by atoms with van der Waals surface area (Å²) in [6.07, 6.45) is 14.3. The van der Waals surface area contributed by atoms with Gasteiger partial charge in [0.25, 0.3) is 0 Å². The number of aliphatic hydroxyl groups is 1. The van der Waals surface area contributed by atoms with Gasteiger partial charge in [0.1, 0.15) is 12.2 Å². The number of allylic oxidation sites excluding steroid dienone is 1. The van der Waals surface area contributed by atoms with Gasteiger partial charge in [-0.05, 0) is 39.5 Å². The Hall–Kier alpha value is -0.870. The second-order valence-electron chi connectivity index (χ2n) is 7.70. The van der Waals surface area contributed by atoms with Gasteiger partial charge in [0.15, 0.2) is 0 Å². The molecule has 0 spiro atoms. The van der Waals surface area contributed by atoms with Crippen LogP contribution in [-0.4, -0.2) is 34.5 Å². The molecule has 3 atom stereocenters. The molecule has 0 aromatic rings. The summed E-state index contributed by atoms with van der Waals surface area (Å²) in [6.45, 7) is 5.76. The normalized spacial score (nSPS) is 22.0. The predicted octanol–water partition coefficient (Wildman–Crippen LogP) is 4.70. The van der Waals surface area contributed by atoms with Gasteiger partial charge in [0.2, 0.25) is 0 Å². The molecule has 140 valence electrons. The van der Waals surface area contributed by atoms with Gasteiger partial charge in [0.05, 0.1) is 11.5 Å². The Morgan fingerprint density at radius 2 is 1.88 bits per heavy atom. The molecule has 0 aliphatic carbocycles. The van der Waals surface area contributed by atoms with Crippen molar-refractivity contribution >= 4 is 5.97 Å². The molecule has 3 unspecified atom stereocenters. The number of ether oxygens (including phenoxy) is 1. The van der Waals surface area contributed by atoms with Crippen LogP contribution >= 0.6 is 0 Å². The summed E-state index contributed by atoms with van der Waals surface area (Å²) in [6, 6.07) is 0. The number of aliphatic carboxylic acids is 1. The van der Waals surface area contributed by atoms with Crippen molar-refractivity contribution in [1.29, 1.82) is 0 Å². The zero-order valence-corrected chi connectivity index (χ0v) is 15.7. The highest BCUT2D eigenvalue weighted by molar-refractivity contribution is 5.73. The van der Waals surface area contributed by atoms with Gasteiger partial charge in [0, 0.05) is 0 Å². The molecule has 0 aromatic carbocycles. The number of epoxide rings is 1. The van der Waals surface area contributed by atoms with E-state index in [4.69, 9.17) is 9.84 Å². The fraction of sp³-hybridized carbons (Fsp3) is 0.850. The number of hydrogen-bond donors (Lipinski definition) is 2. The van der Waals surface area contributed by atoms with E-state index in [-0.39, 0.29) is 12.2 Å². The molecule has 2 N–H and O–H groups in total. The standard InChI is InChI=1S/C20H36O4/c1-4-5-6-7-10-13-16(21)18-17(24-18)14-11-8-9-12-15-20(2,3)19(22)23/h10,13,16-18,21H,4-9,11-12,14-15H2,1-3H3,(H,22,23)/b13-10-. The second kappa shape index (κ2) is 10.9. The van der Waals surface area contributed by atoms with E-state index in [0.29, 0.717) is 0 Å². The Bertz CT molecular complexity index is 389. The highest BCUT2D eigenvalue weighted by atomic mass is 16.6. The van der Waals surface area contributed by atoms with E-state index in [1.807, 2.05) is 6.08 Å². The lowest BCUT2D eigenvalue weighted by atomic mass is 9.87. The van der Waals surface area contributed by atoms with Crippen molar-refractivity contribution in [3.63, 3.8) is 0 Å². The zero-order chi connectivity index (χ0) is 18.0. The molecule has 1 heterocycles. The summed E-state index contributed by atoms with van der Waals surface area (Å²) in [5, 5.41) is 19.1. The molecule has 0 saturated carbocycles. The van der Waals surface area contributed by atoms with Crippen LogP contribution < -0.4 is 0 Å². The lowest BCUT2D eigenvalue weighted by Gasteiger charge is -2.18. The maximum Gasteiger partial charge on any atom is 0.309 e. The third kappa shape index (κ3) is 8.29. The third-order valence-corrected chi connectivity index (χ3v) is 4.89. The van der Waals surface area contributed by atoms with Crippen molar-refractivity contribution in [1.82, 2.24) is 0 Å². The Labute approximate surface area is 147 Å². The third-order valence-electron chi connectivity index (χ3n) is 4.89. The first-order valence-electron chi connectivity index (χ1n) is 9.62. The number of carboxylic acids is 1. The minimum Gasteiger partial charge on any atom is -0.481 e. The minimum atomic E-state index is -0.714. The van der Waals surface area contributed by atoms with E-state index >= 15 is 0 Å². The quantitative estimate of drug-likeness (QED) is 0.273. The van der Waals surface area contributed by atoms with E-state index in [9.17, 15) is 9.90 Å². The number of aliphatic hydroxyl groups excluding tert-OH is 1. The first kappa shape index (κ1) is 21.2. The Kier molecular flexibility index (Phi) is 9.60. The van der Waals surface area contributed by atoms with Gasteiger partial charge in [-0.25, -0.2) is 0 Å². The summed E-state index contributed by atoms with van der Waals surface area (Å²) >= 11 is 0. The molecule has 1 fully saturated rings. The molecule has 24 heavy (non-hydrogen) atoms. The van der Waals surface area contributed by atoms with Crippen molar-refractivity contribution in [2.45, 2.75) is 103 Å². The monoisotopic (exact) mass is 340 g/mol. The molecule has 0 radical (unpaired) electrons. The van der Waals surface area contributed by atoms with E-state index in [0.717, 1.165) is 44.9 Å². The molecule has 4 heteroatoms. The SMILES string of the molecule is CCCCC/C=C\C(O)C1OC1CCCCCCC(C)(C)C(=O)O. The highest BCUT2D eigenvalue weighted by Crippen LogP contribution is 2.31. The molecular formula is C20H36O4. The summed E-state index contributed by atoms with van der Waals surface area (Å²) in [5.41, 5.74) is -0.613. The molecule has 1 saturated heterocycles. The summed E-state index contributed by atoms with van der Waals surface area (Å²) in [7, 11) is 0. The fourth-order valence-corrected chi connectivity index (χ4v) is 2.92. The van der Waals surface area contributed by atoms with Gasteiger partial charge in [-0.15, -0.1) is 0 Å². The Morgan fingerprint density at radius 3 is 2.54 bits per heavy atom. The maximum absolute atomic E-state index is 11.0. The van der Waals surface area contributed by atoms with Gasteiger partial charge in [-0.3, -0.25) is 4.79 Å². The van der Waals surface area contributed by atoms with Crippen molar-refractivity contribution in [2.24, 2.45) is 5.41 Å². The van der Waals surface area contributed by atoms with E-state index < -0.39 is 17.5 Å². The maximum atomic E-state index is 11.0. The fourth-order valence-electron chi connectivity index (χ4n) is 2.92. The number of unbranched alkanes of at least 4 members (excludes halogenated alkanes) is 6. The van der Waals surface area contributed by atoms with Crippen molar-refractivity contribution in [3.8, 4) is 0 Å². The second-order valence-corrected chi connectivity index (χ2v) is 7.70. The molecule has 1 aliphatic rings. The van der Waals surface area contributed by atoms with Gasteiger partial charge in [-0.1, -0.05) is 57.6 Å². The van der Waals surface area contributed by atoms with Crippen LogP contribution in [-0.2, 0) is 9.53 Å². The van der Waals surface area contributed by atoms with Crippen molar-refractivity contribution in [3.05, 3.63) is 12.2 Å². The average Bonchev–Trinajstić information content (AvgIpc) is 3.29. The van der Waals surface area contributed by atoms with Crippen LogP contribution in [0.25, 0.3) is 0 Å². The number of carbonyl (C=O) groups is 1. The summed E-state index contributed by atoms with van der Waals surface area (Å²) in [5.74, 6) is -0.714. The number of rotatable bonds is 14. The first-order chi connectivity index (χ1) is 11.4. The van der Waals surface area contributed by atoms with Crippen LogP contribution in [0, 0.1) is 5.41 Å². The summed E-state index contributed by atoms with van der Waals surface area (Å²) in [4.78, 5) is 11.0. The molecular weight excluding hydrogens is 304 g/mol. The largest absolute Gasteiger partial charge is 0.481 e. The topological polar surface area (TPSA) is 70.1 Å².